The highest BCUT2D eigenvalue weighted by Crippen LogP contribution is 2.23. The predicted octanol–water partition coefficient (Wildman–Crippen LogP) is 4.36. The summed E-state index contributed by atoms with van der Waals surface area (Å²) in [5.41, 5.74) is 3.30. The number of nitrogens with zero attached hydrogens (tertiary/aromatic N) is 1. The van der Waals surface area contributed by atoms with Crippen LogP contribution in [0, 0.1) is 0 Å². The summed E-state index contributed by atoms with van der Waals surface area (Å²) in [5, 5.41) is 4.44. The van der Waals surface area contributed by atoms with Crippen LogP contribution < -0.4 is 5.32 Å². The Balaban J connectivity index is 1.82. The molecule has 3 aromatic rings. The molecule has 30 heavy (non-hydrogen) atoms. The van der Waals surface area contributed by atoms with Gasteiger partial charge in [-0.05, 0) is 35.9 Å². The monoisotopic (exact) mass is 487 g/mol. The molecule has 0 aliphatic carbocycles. The lowest BCUT2D eigenvalue weighted by atomic mass is 10.0. The number of nitrogens with one attached hydrogen (secondary N) is 2. The first-order chi connectivity index (χ1) is 14.5. The molecule has 0 fully saturated rings. The summed E-state index contributed by atoms with van der Waals surface area (Å²) < 4.78 is 0. The zero-order valence-electron chi connectivity index (χ0n) is 17.2. The highest BCUT2D eigenvalue weighted by atomic mass is 79.9. The summed E-state index contributed by atoms with van der Waals surface area (Å²) in [7, 11) is 0. The quantitative estimate of drug-likeness (QED) is 0.348. The number of alkyl halides is 1. The zero-order chi connectivity index (χ0) is 21.5. The minimum Gasteiger partial charge on any atom is -0.361 e. The number of aromatic nitrogens is 1. The average Bonchev–Trinajstić information content (AvgIpc) is 3.16. The Hall–Kier alpha value is -2.25. The Labute approximate surface area is 189 Å². The van der Waals surface area contributed by atoms with E-state index in [-0.39, 0.29) is 23.2 Å². The number of amides is 2. The molecule has 1 unspecified atom stereocenters. The van der Waals surface area contributed by atoms with Crippen molar-refractivity contribution in [2.24, 2.45) is 0 Å². The third kappa shape index (κ3) is 5.67. The maximum atomic E-state index is 12.4. The number of carbonyl (C=O) groups is 2. The second-order valence-corrected chi connectivity index (χ2v) is 8.58. The molecule has 3 rings (SSSR count). The van der Waals surface area contributed by atoms with Crippen LogP contribution in [0.3, 0.4) is 0 Å². The number of hydrogen-bond donors (Lipinski definition) is 2. The first-order valence-corrected chi connectivity index (χ1v) is 12.1. The normalized spacial score (nSPS) is 12.0. The minimum atomic E-state index is -0.195. The third-order valence-electron chi connectivity index (χ3n) is 5.07. The van der Waals surface area contributed by atoms with Gasteiger partial charge >= 0.3 is 0 Å². The minimum absolute atomic E-state index is 0.0112. The van der Waals surface area contributed by atoms with E-state index in [1.54, 1.807) is 18.7 Å². The number of benzene rings is 2. The van der Waals surface area contributed by atoms with Crippen LogP contribution in [0.15, 0.2) is 59.6 Å². The highest BCUT2D eigenvalue weighted by molar-refractivity contribution is 9.09. The molecule has 0 saturated carbocycles. The van der Waals surface area contributed by atoms with Crippen LogP contribution in [0.2, 0.25) is 0 Å². The van der Waals surface area contributed by atoms with E-state index >= 15 is 0 Å². The molecule has 1 aromatic heterocycles. The van der Waals surface area contributed by atoms with Crippen LogP contribution in [-0.2, 0) is 22.6 Å². The first-order valence-electron chi connectivity index (χ1n) is 9.79. The van der Waals surface area contributed by atoms with Crippen LogP contribution in [0.1, 0.15) is 18.1 Å². The molecule has 0 spiro atoms. The molecule has 2 amide bonds. The van der Waals surface area contributed by atoms with Crippen LogP contribution in [0.5, 0.6) is 0 Å². The van der Waals surface area contributed by atoms with Gasteiger partial charge in [0.25, 0.3) is 0 Å². The van der Waals surface area contributed by atoms with Crippen LogP contribution in [-0.4, -0.2) is 45.9 Å². The SMILES string of the molecule is CSc1ccccc1CN(CC(Cc1c[nH]c2ccccc12)NC(=O)CBr)C(C)=O. The van der Waals surface area contributed by atoms with E-state index in [4.69, 9.17) is 0 Å². The molecule has 158 valence electrons. The molecule has 0 aliphatic rings. The van der Waals surface area contributed by atoms with E-state index in [1.165, 1.54) is 0 Å². The average molecular weight is 488 g/mol. The van der Waals surface area contributed by atoms with Gasteiger partial charge in [-0.2, -0.15) is 0 Å². The van der Waals surface area contributed by atoms with Crippen molar-refractivity contribution in [1.29, 1.82) is 0 Å². The van der Waals surface area contributed by atoms with Gasteiger partial charge in [-0.15, -0.1) is 11.8 Å². The first kappa shape index (κ1) is 22.4. The van der Waals surface area contributed by atoms with Gasteiger partial charge in [0.05, 0.1) is 11.4 Å². The van der Waals surface area contributed by atoms with Gasteiger partial charge in [-0.25, -0.2) is 0 Å². The van der Waals surface area contributed by atoms with Gasteiger partial charge < -0.3 is 15.2 Å². The van der Waals surface area contributed by atoms with Gasteiger partial charge in [0.2, 0.25) is 11.8 Å². The Morgan fingerprint density at radius 1 is 1.13 bits per heavy atom. The third-order valence-corrected chi connectivity index (χ3v) is 6.41. The van der Waals surface area contributed by atoms with Crippen molar-refractivity contribution in [1.82, 2.24) is 15.2 Å². The van der Waals surface area contributed by atoms with Gasteiger partial charge in [0, 0.05) is 42.0 Å². The van der Waals surface area contributed by atoms with Gasteiger partial charge in [0.15, 0.2) is 0 Å². The summed E-state index contributed by atoms with van der Waals surface area (Å²) in [6, 6.07) is 16.0. The van der Waals surface area contributed by atoms with Crippen molar-refractivity contribution < 1.29 is 9.59 Å². The predicted molar refractivity (Wildman–Crippen MR) is 127 cm³/mol. The number of para-hydroxylation sites is 1. The van der Waals surface area contributed by atoms with Crippen molar-refractivity contribution >= 4 is 50.4 Å². The summed E-state index contributed by atoms with van der Waals surface area (Å²) >= 11 is 4.90. The fourth-order valence-corrected chi connectivity index (χ4v) is 4.37. The van der Waals surface area contributed by atoms with Gasteiger partial charge in [-0.3, -0.25) is 9.59 Å². The number of H-pyrrole nitrogens is 1. The van der Waals surface area contributed by atoms with Crippen molar-refractivity contribution in [2.45, 2.75) is 30.8 Å². The fraction of sp³-hybridized carbons (Fsp3) is 0.304. The van der Waals surface area contributed by atoms with E-state index in [0.717, 1.165) is 26.9 Å². The van der Waals surface area contributed by atoms with Crippen LogP contribution in [0.4, 0.5) is 0 Å². The van der Waals surface area contributed by atoms with Crippen molar-refractivity contribution in [2.75, 3.05) is 18.1 Å². The second-order valence-electron chi connectivity index (χ2n) is 7.17. The summed E-state index contributed by atoms with van der Waals surface area (Å²) in [5.74, 6) is -0.101. The molecule has 0 radical (unpaired) electrons. The largest absolute Gasteiger partial charge is 0.361 e. The molecule has 5 nitrogen and oxygen atoms in total. The van der Waals surface area contributed by atoms with Crippen molar-refractivity contribution in [3.63, 3.8) is 0 Å². The molecule has 0 bridgehead atoms. The van der Waals surface area contributed by atoms with Crippen LogP contribution >= 0.6 is 27.7 Å². The number of aromatic amines is 1. The lowest BCUT2D eigenvalue weighted by Crippen LogP contribution is -2.46. The van der Waals surface area contributed by atoms with E-state index in [2.05, 4.69) is 38.4 Å². The molecule has 1 heterocycles. The molecule has 2 N–H and O–H groups in total. The van der Waals surface area contributed by atoms with Gasteiger partial charge in [-0.1, -0.05) is 52.3 Å². The van der Waals surface area contributed by atoms with Crippen molar-refractivity contribution in [3.05, 3.63) is 65.9 Å². The van der Waals surface area contributed by atoms with Crippen LogP contribution in [0.25, 0.3) is 10.9 Å². The number of carbonyl (C=O) groups excluding carboxylic acids is 2. The molecule has 0 saturated heterocycles. The highest BCUT2D eigenvalue weighted by Gasteiger charge is 2.21. The van der Waals surface area contributed by atoms with Crippen molar-refractivity contribution in [3.8, 4) is 0 Å². The van der Waals surface area contributed by atoms with E-state index < -0.39 is 0 Å². The fourth-order valence-electron chi connectivity index (χ4n) is 3.60. The Morgan fingerprint density at radius 2 is 1.87 bits per heavy atom. The molecular formula is C23H26BrN3O2S. The smallest absolute Gasteiger partial charge is 0.230 e. The van der Waals surface area contributed by atoms with Gasteiger partial charge in [0.1, 0.15) is 0 Å². The Morgan fingerprint density at radius 3 is 2.60 bits per heavy atom. The molecular weight excluding hydrogens is 462 g/mol. The topological polar surface area (TPSA) is 65.2 Å². The van der Waals surface area contributed by atoms with E-state index in [1.807, 2.05) is 53.8 Å². The molecule has 2 aromatic carbocycles. The second kappa shape index (κ2) is 10.7. The molecule has 7 heteroatoms. The van der Waals surface area contributed by atoms with E-state index in [9.17, 15) is 9.59 Å². The molecule has 1 atom stereocenters. The Bertz CT molecular complexity index is 1020. The lowest BCUT2D eigenvalue weighted by Gasteiger charge is -2.28. The van der Waals surface area contributed by atoms with E-state index in [0.29, 0.717) is 19.5 Å². The number of hydrogen-bond acceptors (Lipinski definition) is 3. The maximum absolute atomic E-state index is 12.4. The number of halogens is 1. The Kier molecular flexibility index (Phi) is 7.99. The maximum Gasteiger partial charge on any atom is 0.230 e. The lowest BCUT2D eigenvalue weighted by molar-refractivity contribution is -0.130. The summed E-state index contributed by atoms with van der Waals surface area (Å²) in [6.45, 7) is 2.54. The number of fused-ring (bicyclic) bond motifs is 1. The number of rotatable bonds is 9. The molecule has 0 aliphatic heterocycles. The zero-order valence-corrected chi connectivity index (χ0v) is 19.6. The summed E-state index contributed by atoms with van der Waals surface area (Å²) in [6.07, 6.45) is 4.66. The standard InChI is InChI=1S/C23H26BrN3O2S/c1-16(28)27(14-17-7-3-6-10-22(17)30-2)15-19(26-23(29)12-24)11-18-13-25-21-9-5-4-8-20(18)21/h3-10,13,19,25H,11-12,14-15H2,1-2H3,(H,26,29). The summed E-state index contributed by atoms with van der Waals surface area (Å²) in [4.78, 5) is 30.8. The number of thioether (sulfide) groups is 1.